The minimum Gasteiger partial charge on any atom is -0.486 e. The maximum atomic E-state index is 6.37. The van der Waals surface area contributed by atoms with Gasteiger partial charge in [-0.2, -0.15) is 0 Å². The predicted octanol–water partition coefficient (Wildman–Crippen LogP) is 2.37. The van der Waals surface area contributed by atoms with Crippen LogP contribution in [0.2, 0.25) is 5.02 Å². The molecule has 20 heavy (non-hydrogen) atoms. The first-order valence-electron chi connectivity index (χ1n) is 7.10. The lowest BCUT2D eigenvalue weighted by atomic mass is 9.94. The molecule has 1 saturated heterocycles. The first-order chi connectivity index (χ1) is 9.61. The average Bonchev–Trinajstić information content (AvgIpc) is 2.81. The standard InChI is InChI=1S/C15H21ClN2O2/c1-9-11(16)6-13-15(20-4-3-19-13)14(9)12-5-10(7-17)8-18(12)2/h6,10,12H,3-5,7-8,17H2,1-2H3. The number of nitrogens with zero attached hydrogens (tertiary/aromatic N) is 1. The second kappa shape index (κ2) is 5.43. The number of nitrogens with two attached hydrogens (primary N) is 1. The zero-order chi connectivity index (χ0) is 14.3. The van der Waals surface area contributed by atoms with E-state index in [1.165, 1.54) is 5.56 Å². The second-order valence-electron chi connectivity index (χ2n) is 5.71. The van der Waals surface area contributed by atoms with Crippen molar-refractivity contribution in [2.45, 2.75) is 19.4 Å². The molecule has 1 aromatic rings. The van der Waals surface area contributed by atoms with Crippen molar-refractivity contribution >= 4 is 11.6 Å². The smallest absolute Gasteiger partial charge is 0.166 e. The van der Waals surface area contributed by atoms with Gasteiger partial charge >= 0.3 is 0 Å². The minimum atomic E-state index is 0.303. The zero-order valence-corrected chi connectivity index (χ0v) is 12.7. The topological polar surface area (TPSA) is 47.7 Å². The molecule has 2 atom stereocenters. The summed E-state index contributed by atoms with van der Waals surface area (Å²) in [4.78, 5) is 2.34. The highest BCUT2D eigenvalue weighted by molar-refractivity contribution is 6.31. The third-order valence-corrected chi connectivity index (χ3v) is 4.77. The lowest BCUT2D eigenvalue weighted by molar-refractivity contribution is 0.166. The molecule has 4 nitrogen and oxygen atoms in total. The van der Waals surface area contributed by atoms with Gasteiger partial charge in [0.2, 0.25) is 0 Å². The molecule has 1 fully saturated rings. The third-order valence-electron chi connectivity index (χ3n) is 4.38. The summed E-state index contributed by atoms with van der Waals surface area (Å²) in [5, 5.41) is 0.744. The van der Waals surface area contributed by atoms with Gasteiger partial charge in [-0.15, -0.1) is 0 Å². The van der Waals surface area contributed by atoms with Crippen molar-refractivity contribution in [1.82, 2.24) is 4.90 Å². The van der Waals surface area contributed by atoms with Crippen LogP contribution in [0.25, 0.3) is 0 Å². The van der Waals surface area contributed by atoms with Gasteiger partial charge in [0.05, 0.1) is 0 Å². The van der Waals surface area contributed by atoms with Crippen LogP contribution in [0.15, 0.2) is 6.07 Å². The fourth-order valence-corrected chi connectivity index (χ4v) is 3.49. The van der Waals surface area contributed by atoms with Crippen molar-refractivity contribution in [3.05, 3.63) is 22.2 Å². The fourth-order valence-electron chi connectivity index (χ4n) is 3.29. The summed E-state index contributed by atoms with van der Waals surface area (Å²) in [5.41, 5.74) is 8.09. The summed E-state index contributed by atoms with van der Waals surface area (Å²) in [5.74, 6) is 2.17. The van der Waals surface area contributed by atoms with E-state index in [1.807, 2.05) is 6.07 Å². The highest BCUT2D eigenvalue weighted by Crippen LogP contribution is 2.47. The Hall–Kier alpha value is -0.970. The van der Waals surface area contributed by atoms with E-state index < -0.39 is 0 Å². The van der Waals surface area contributed by atoms with E-state index in [1.54, 1.807) is 0 Å². The van der Waals surface area contributed by atoms with Crippen LogP contribution in [-0.2, 0) is 0 Å². The van der Waals surface area contributed by atoms with Crippen molar-refractivity contribution in [1.29, 1.82) is 0 Å². The van der Waals surface area contributed by atoms with Crippen molar-refractivity contribution < 1.29 is 9.47 Å². The molecule has 110 valence electrons. The fraction of sp³-hybridized carbons (Fsp3) is 0.600. The molecule has 2 N–H and O–H groups in total. The number of benzene rings is 1. The number of rotatable bonds is 2. The maximum Gasteiger partial charge on any atom is 0.166 e. The molecule has 2 heterocycles. The van der Waals surface area contributed by atoms with Crippen LogP contribution in [-0.4, -0.2) is 38.3 Å². The van der Waals surface area contributed by atoms with Crippen molar-refractivity contribution in [3.8, 4) is 11.5 Å². The lowest BCUT2D eigenvalue weighted by Crippen LogP contribution is -2.23. The Balaban J connectivity index is 2.06. The molecule has 0 amide bonds. The first kappa shape index (κ1) is 14.0. The van der Waals surface area contributed by atoms with Gasteiger partial charge in [0.25, 0.3) is 0 Å². The lowest BCUT2D eigenvalue weighted by Gasteiger charge is -2.28. The van der Waals surface area contributed by atoms with Crippen LogP contribution in [0.5, 0.6) is 11.5 Å². The van der Waals surface area contributed by atoms with Crippen LogP contribution in [0.4, 0.5) is 0 Å². The Kier molecular flexibility index (Phi) is 3.80. The molecule has 2 aliphatic rings. The molecule has 5 heteroatoms. The Morgan fingerprint density at radius 2 is 2.15 bits per heavy atom. The molecule has 3 rings (SSSR count). The molecule has 0 spiro atoms. The van der Waals surface area contributed by atoms with Gasteiger partial charge in [-0.05, 0) is 38.4 Å². The van der Waals surface area contributed by atoms with Gasteiger partial charge in [-0.25, -0.2) is 0 Å². The van der Waals surface area contributed by atoms with Gasteiger partial charge in [0, 0.05) is 29.2 Å². The van der Waals surface area contributed by atoms with Crippen LogP contribution in [0.1, 0.15) is 23.6 Å². The number of hydrogen-bond donors (Lipinski definition) is 1. The average molecular weight is 297 g/mol. The monoisotopic (exact) mass is 296 g/mol. The van der Waals surface area contributed by atoms with Crippen molar-refractivity contribution in [2.24, 2.45) is 11.7 Å². The van der Waals surface area contributed by atoms with Crippen molar-refractivity contribution in [2.75, 3.05) is 33.4 Å². The predicted molar refractivity (Wildman–Crippen MR) is 79.7 cm³/mol. The molecular weight excluding hydrogens is 276 g/mol. The highest BCUT2D eigenvalue weighted by Gasteiger charge is 2.35. The van der Waals surface area contributed by atoms with E-state index in [2.05, 4.69) is 18.9 Å². The summed E-state index contributed by atoms with van der Waals surface area (Å²) < 4.78 is 11.6. The molecule has 0 saturated carbocycles. The highest BCUT2D eigenvalue weighted by atomic mass is 35.5. The zero-order valence-electron chi connectivity index (χ0n) is 12.0. The Labute approximate surface area is 124 Å². The van der Waals surface area contributed by atoms with Gasteiger partial charge in [-0.1, -0.05) is 11.6 Å². The van der Waals surface area contributed by atoms with Crippen LogP contribution >= 0.6 is 11.6 Å². The normalized spacial score (nSPS) is 26.0. The number of ether oxygens (including phenoxy) is 2. The van der Waals surface area contributed by atoms with Crippen LogP contribution < -0.4 is 15.2 Å². The Morgan fingerprint density at radius 3 is 2.85 bits per heavy atom. The summed E-state index contributed by atoms with van der Waals surface area (Å²) in [7, 11) is 2.14. The molecule has 0 radical (unpaired) electrons. The molecule has 2 unspecified atom stereocenters. The van der Waals surface area contributed by atoms with E-state index in [4.69, 9.17) is 26.8 Å². The van der Waals surface area contributed by atoms with E-state index in [0.717, 1.165) is 41.6 Å². The largest absolute Gasteiger partial charge is 0.486 e. The molecule has 0 bridgehead atoms. The third kappa shape index (κ3) is 2.26. The van der Waals surface area contributed by atoms with Crippen molar-refractivity contribution in [3.63, 3.8) is 0 Å². The summed E-state index contributed by atoms with van der Waals surface area (Å²) in [6, 6.07) is 2.17. The number of likely N-dealkylation sites (tertiary alicyclic amines) is 1. The minimum absolute atomic E-state index is 0.303. The van der Waals surface area contributed by atoms with Crippen LogP contribution in [0, 0.1) is 12.8 Å². The molecule has 0 aromatic heterocycles. The van der Waals surface area contributed by atoms with E-state index in [9.17, 15) is 0 Å². The Morgan fingerprint density at radius 1 is 1.40 bits per heavy atom. The number of fused-ring (bicyclic) bond motifs is 1. The summed E-state index contributed by atoms with van der Waals surface area (Å²) in [6.07, 6.45) is 1.05. The quantitative estimate of drug-likeness (QED) is 0.910. The molecule has 0 aliphatic carbocycles. The van der Waals surface area contributed by atoms with Gasteiger partial charge in [0.15, 0.2) is 11.5 Å². The van der Waals surface area contributed by atoms with Gasteiger partial charge < -0.3 is 15.2 Å². The first-order valence-corrected chi connectivity index (χ1v) is 7.48. The van der Waals surface area contributed by atoms with E-state index in [0.29, 0.717) is 25.2 Å². The van der Waals surface area contributed by atoms with Gasteiger partial charge in [-0.3, -0.25) is 4.90 Å². The number of hydrogen-bond acceptors (Lipinski definition) is 4. The van der Waals surface area contributed by atoms with Gasteiger partial charge in [0.1, 0.15) is 13.2 Å². The second-order valence-corrected chi connectivity index (χ2v) is 6.12. The van der Waals surface area contributed by atoms with Crippen LogP contribution in [0.3, 0.4) is 0 Å². The number of halogens is 1. The summed E-state index contributed by atoms with van der Waals surface area (Å²) in [6.45, 7) is 4.97. The maximum absolute atomic E-state index is 6.37. The molecular formula is C15H21ClN2O2. The molecule has 1 aromatic carbocycles. The SMILES string of the molecule is Cc1c(Cl)cc2c(c1C1CC(CN)CN1C)OCCO2. The molecule has 2 aliphatic heterocycles. The van der Waals surface area contributed by atoms with E-state index in [-0.39, 0.29) is 0 Å². The summed E-state index contributed by atoms with van der Waals surface area (Å²) >= 11 is 6.37. The van der Waals surface area contributed by atoms with E-state index >= 15 is 0 Å². The Bertz CT molecular complexity index is 521.